The van der Waals surface area contributed by atoms with Gasteiger partial charge in [-0.15, -0.1) is 0 Å². The molecule has 1 saturated heterocycles. The van der Waals surface area contributed by atoms with Gasteiger partial charge in [0, 0.05) is 19.0 Å². The maximum Gasteiger partial charge on any atom is 0.411 e. The van der Waals surface area contributed by atoms with Crippen LogP contribution in [-0.2, 0) is 25.3 Å². The lowest BCUT2D eigenvalue weighted by atomic mass is 10.1. The highest BCUT2D eigenvalue weighted by Gasteiger charge is 2.42. The van der Waals surface area contributed by atoms with Crippen molar-refractivity contribution in [3.63, 3.8) is 0 Å². The Labute approximate surface area is 207 Å². The van der Waals surface area contributed by atoms with Crippen molar-refractivity contribution in [2.24, 2.45) is 0 Å². The number of pyridine rings is 1. The third-order valence-electron chi connectivity index (χ3n) is 6.01. The van der Waals surface area contributed by atoms with Gasteiger partial charge in [0.1, 0.15) is 22.1 Å². The van der Waals surface area contributed by atoms with Crippen LogP contribution in [0.2, 0.25) is 18.1 Å². The van der Waals surface area contributed by atoms with Crippen molar-refractivity contribution < 1.29 is 23.5 Å². The van der Waals surface area contributed by atoms with Crippen LogP contribution >= 0.6 is 15.9 Å². The second-order valence-corrected chi connectivity index (χ2v) is 16.6. The third-order valence-corrected chi connectivity index (χ3v) is 10.9. The van der Waals surface area contributed by atoms with Crippen molar-refractivity contribution >= 4 is 42.1 Å². The van der Waals surface area contributed by atoms with Gasteiger partial charge in [0.25, 0.3) is 0 Å². The van der Waals surface area contributed by atoms with E-state index in [0.717, 1.165) is 5.56 Å². The number of aromatic nitrogens is 1. The van der Waals surface area contributed by atoms with Crippen LogP contribution in [0, 0.1) is 0 Å². The number of nitrogens with zero attached hydrogens (tertiary/aromatic N) is 2. The second kappa shape index (κ2) is 10.3. The Balaban J connectivity index is 2.14. The van der Waals surface area contributed by atoms with Crippen LogP contribution in [0.5, 0.6) is 0 Å². The van der Waals surface area contributed by atoms with Crippen LogP contribution in [-0.4, -0.2) is 61.6 Å². The van der Waals surface area contributed by atoms with Gasteiger partial charge >= 0.3 is 12.1 Å². The van der Waals surface area contributed by atoms with Crippen LogP contribution in [0.25, 0.3) is 0 Å². The molecule has 0 saturated carbocycles. The number of esters is 1. The number of halogens is 1. The maximum absolute atomic E-state index is 12.7. The summed E-state index contributed by atoms with van der Waals surface area (Å²) in [6.07, 6.45) is -0.136. The van der Waals surface area contributed by atoms with E-state index >= 15 is 0 Å². The first-order valence-corrected chi connectivity index (χ1v) is 14.9. The zero-order chi connectivity index (χ0) is 25.2. The van der Waals surface area contributed by atoms with E-state index in [1.807, 2.05) is 12.1 Å². The maximum atomic E-state index is 12.7. The lowest BCUT2D eigenvalue weighted by Crippen LogP contribution is -2.44. The van der Waals surface area contributed by atoms with Gasteiger partial charge in [-0.3, -0.25) is 4.90 Å². The molecule has 33 heavy (non-hydrogen) atoms. The molecule has 1 aliphatic heterocycles. The SMILES string of the molecule is COC(=O)[C@@H]1C[C@H](Nc2cc(CO[Si](C)(C)C(C)(C)C)cc(Br)n2)CN1C(=O)OC(C)(C)C. The van der Waals surface area contributed by atoms with Gasteiger partial charge < -0.3 is 19.2 Å². The number of methoxy groups -OCH3 is 1. The number of rotatable bonds is 6. The highest BCUT2D eigenvalue weighted by Crippen LogP contribution is 2.37. The molecule has 2 heterocycles. The molecule has 2 rings (SSSR count). The molecule has 1 fully saturated rings. The monoisotopic (exact) mass is 543 g/mol. The summed E-state index contributed by atoms with van der Waals surface area (Å²) in [6, 6.07) is 2.99. The molecule has 1 N–H and O–H groups in total. The molecule has 0 aromatic carbocycles. The zero-order valence-electron chi connectivity index (χ0n) is 21.2. The fourth-order valence-corrected chi connectivity index (χ4v) is 4.66. The van der Waals surface area contributed by atoms with E-state index in [9.17, 15) is 9.59 Å². The minimum Gasteiger partial charge on any atom is -0.467 e. The van der Waals surface area contributed by atoms with Gasteiger partial charge in [-0.1, -0.05) is 20.8 Å². The summed E-state index contributed by atoms with van der Waals surface area (Å²) in [7, 11) is -0.571. The molecule has 0 radical (unpaired) electrons. The van der Waals surface area contributed by atoms with Crippen molar-refractivity contribution in [2.75, 3.05) is 19.0 Å². The molecule has 1 amide bonds. The number of amides is 1. The van der Waals surface area contributed by atoms with Crippen LogP contribution in [0.3, 0.4) is 0 Å². The first-order valence-electron chi connectivity index (χ1n) is 11.2. The van der Waals surface area contributed by atoms with Crippen molar-refractivity contribution in [2.45, 2.75) is 90.4 Å². The fraction of sp³-hybridized carbons (Fsp3) is 0.696. The quantitative estimate of drug-likeness (QED) is 0.294. The summed E-state index contributed by atoms with van der Waals surface area (Å²) in [4.78, 5) is 31.0. The number of nitrogens with one attached hydrogen (secondary N) is 1. The molecule has 0 aliphatic carbocycles. The Bertz CT molecular complexity index is 867. The largest absolute Gasteiger partial charge is 0.467 e. The lowest BCUT2D eigenvalue weighted by molar-refractivity contribution is -0.145. The number of anilines is 1. The predicted molar refractivity (Wildman–Crippen MR) is 135 cm³/mol. The number of hydrogen-bond acceptors (Lipinski definition) is 7. The molecule has 0 bridgehead atoms. The van der Waals surface area contributed by atoms with Gasteiger partial charge in [-0.05, 0) is 72.5 Å². The Hall–Kier alpha value is -1.65. The van der Waals surface area contributed by atoms with E-state index < -0.39 is 32.0 Å². The van der Waals surface area contributed by atoms with E-state index in [4.69, 9.17) is 13.9 Å². The number of carbonyl (C=O) groups excluding carboxylic acids is 2. The highest BCUT2D eigenvalue weighted by molar-refractivity contribution is 9.10. The zero-order valence-corrected chi connectivity index (χ0v) is 23.8. The van der Waals surface area contributed by atoms with Crippen molar-refractivity contribution in [1.29, 1.82) is 0 Å². The van der Waals surface area contributed by atoms with Gasteiger partial charge in [0.15, 0.2) is 8.32 Å². The second-order valence-electron chi connectivity index (χ2n) is 11.0. The van der Waals surface area contributed by atoms with Gasteiger partial charge in [0.05, 0.1) is 13.7 Å². The minimum absolute atomic E-state index is 0.121. The molecule has 1 aromatic rings. The summed E-state index contributed by atoms with van der Waals surface area (Å²) in [6.45, 7) is 17.3. The number of hydrogen-bond donors (Lipinski definition) is 1. The standard InChI is InChI=1S/C23H38BrN3O5Si/c1-22(2,3)32-21(29)27-13-16(12-17(27)20(28)30-7)25-19-11-15(10-18(24)26-19)14-31-33(8,9)23(4,5)6/h10-11,16-17H,12-14H2,1-9H3,(H,25,26)/t16-,17-/m0/s1. The Morgan fingerprint density at radius 2 is 1.85 bits per heavy atom. The number of likely N-dealkylation sites (tertiary alicyclic amines) is 1. The van der Waals surface area contributed by atoms with Crippen molar-refractivity contribution in [3.05, 3.63) is 22.3 Å². The lowest BCUT2D eigenvalue weighted by Gasteiger charge is -2.36. The summed E-state index contributed by atoms with van der Waals surface area (Å²) in [5, 5.41) is 3.48. The topological polar surface area (TPSA) is 90.0 Å². The van der Waals surface area contributed by atoms with E-state index in [1.54, 1.807) is 20.8 Å². The number of carbonyl (C=O) groups is 2. The van der Waals surface area contributed by atoms with Gasteiger partial charge in [-0.2, -0.15) is 0 Å². The summed E-state index contributed by atoms with van der Waals surface area (Å²) < 4.78 is 17.4. The number of ether oxygens (including phenoxy) is 2. The van der Waals surface area contributed by atoms with E-state index in [0.29, 0.717) is 30.0 Å². The molecule has 1 aliphatic rings. The highest BCUT2D eigenvalue weighted by atomic mass is 79.9. The Kier molecular flexibility index (Phi) is 8.62. The van der Waals surface area contributed by atoms with Gasteiger partial charge in [0.2, 0.25) is 0 Å². The normalized spacial score (nSPS) is 19.4. The summed E-state index contributed by atoms with van der Waals surface area (Å²) in [5.74, 6) is 0.189. The molecule has 0 spiro atoms. The average Bonchev–Trinajstić information content (AvgIpc) is 3.07. The predicted octanol–water partition coefficient (Wildman–Crippen LogP) is 5.33. The molecular weight excluding hydrogens is 506 g/mol. The van der Waals surface area contributed by atoms with Crippen molar-refractivity contribution in [3.8, 4) is 0 Å². The summed E-state index contributed by atoms with van der Waals surface area (Å²) >= 11 is 3.48. The smallest absolute Gasteiger partial charge is 0.411 e. The van der Waals surface area contributed by atoms with E-state index in [2.05, 4.69) is 60.1 Å². The molecule has 2 atom stereocenters. The molecule has 8 nitrogen and oxygen atoms in total. The van der Waals surface area contributed by atoms with Crippen LogP contribution in [0.1, 0.15) is 53.5 Å². The summed E-state index contributed by atoms with van der Waals surface area (Å²) in [5.41, 5.74) is 0.337. The van der Waals surface area contributed by atoms with E-state index in [-0.39, 0.29) is 11.1 Å². The molecule has 1 aromatic heterocycles. The first kappa shape index (κ1) is 27.6. The Morgan fingerprint density at radius 1 is 1.21 bits per heavy atom. The van der Waals surface area contributed by atoms with Crippen LogP contribution in [0.4, 0.5) is 10.6 Å². The average molecular weight is 545 g/mol. The fourth-order valence-electron chi connectivity index (χ4n) is 3.22. The van der Waals surface area contributed by atoms with E-state index in [1.165, 1.54) is 12.0 Å². The molecule has 0 unspecified atom stereocenters. The minimum atomic E-state index is -1.89. The van der Waals surface area contributed by atoms with Crippen LogP contribution < -0.4 is 5.32 Å². The molecule has 186 valence electrons. The molecular formula is C23H38BrN3O5Si. The first-order chi connectivity index (χ1) is 15.0. The van der Waals surface area contributed by atoms with Crippen LogP contribution in [0.15, 0.2) is 16.7 Å². The Morgan fingerprint density at radius 3 is 2.39 bits per heavy atom. The van der Waals surface area contributed by atoms with Crippen molar-refractivity contribution in [1.82, 2.24) is 9.88 Å². The van der Waals surface area contributed by atoms with Gasteiger partial charge in [-0.25, -0.2) is 14.6 Å². The third kappa shape index (κ3) is 7.68. The molecule has 10 heteroatoms.